The average molecular weight is 245 g/mol. The van der Waals surface area contributed by atoms with Crippen molar-refractivity contribution < 1.29 is 0 Å². The molecule has 0 N–H and O–H groups in total. The number of hydrogen-bond donors (Lipinski definition) is 0. The van der Waals surface area contributed by atoms with Crippen LogP contribution in [0.3, 0.4) is 0 Å². The molecule has 0 aliphatic carbocycles. The monoisotopic (exact) mass is 245 g/mol. The van der Waals surface area contributed by atoms with Crippen LogP contribution >= 0.6 is 0 Å². The molecule has 0 unspecified atom stereocenters. The Morgan fingerprint density at radius 3 is 2.67 bits per heavy atom. The van der Waals surface area contributed by atoms with E-state index in [-0.39, 0.29) is 5.54 Å². The maximum absolute atomic E-state index is 4.99. The molecule has 0 radical (unpaired) electrons. The van der Waals surface area contributed by atoms with E-state index in [4.69, 9.17) is 4.99 Å². The zero-order valence-electron chi connectivity index (χ0n) is 12.3. The highest BCUT2D eigenvalue weighted by Crippen LogP contribution is 2.46. The van der Waals surface area contributed by atoms with E-state index in [9.17, 15) is 0 Å². The second-order valence-electron chi connectivity index (χ2n) is 7.32. The molecule has 18 heavy (non-hydrogen) atoms. The van der Waals surface area contributed by atoms with Gasteiger partial charge >= 0.3 is 0 Å². The first-order chi connectivity index (χ1) is 8.30. The van der Waals surface area contributed by atoms with Crippen LogP contribution in [-0.4, -0.2) is 34.6 Å². The number of fused-ring (bicyclic) bond motifs is 3. The van der Waals surface area contributed by atoms with Crippen molar-refractivity contribution in [1.82, 2.24) is 9.71 Å². The van der Waals surface area contributed by atoms with Gasteiger partial charge in [0.15, 0.2) is 5.96 Å². The maximum Gasteiger partial charge on any atom is 0.266 e. The highest BCUT2D eigenvalue weighted by Gasteiger charge is 2.46. The van der Waals surface area contributed by atoms with Crippen LogP contribution in [0.2, 0.25) is 12.1 Å². The lowest BCUT2D eigenvalue weighted by Gasteiger charge is -2.44. The molecule has 1 fully saturated rings. The fourth-order valence-electron chi connectivity index (χ4n) is 3.19. The minimum absolute atomic E-state index is 0.0937. The van der Waals surface area contributed by atoms with Crippen molar-refractivity contribution >= 4 is 12.8 Å². The summed E-state index contributed by atoms with van der Waals surface area (Å²) in [6.45, 7) is 13.2. The summed E-state index contributed by atoms with van der Waals surface area (Å²) in [5, 5.41) is 0.372. The first kappa shape index (κ1) is 12.1. The lowest BCUT2D eigenvalue weighted by molar-refractivity contribution is 0.365. The van der Waals surface area contributed by atoms with Crippen LogP contribution in [0.25, 0.3) is 0 Å². The van der Waals surface area contributed by atoms with Crippen LogP contribution in [-0.2, 0) is 0 Å². The predicted octanol–water partition coefficient (Wildman–Crippen LogP) is 3.18. The first-order valence-electron chi connectivity index (χ1n) is 7.17. The molecule has 3 aliphatic rings. The number of guanidine groups is 1. The Morgan fingerprint density at radius 1 is 1.22 bits per heavy atom. The zero-order valence-corrected chi connectivity index (χ0v) is 12.3. The zero-order chi connectivity index (χ0) is 13.1. The molecule has 3 aliphatic heterocycles. The average Bonchev–Trinajstić information content (AvgIpc) is 2.61. The smallest absolute Gasteiger partial charge is 0.266 e. The molecule has 4 heteroatoms. The minimum atomic E-state index is 0.0937. The molecule has 3 heterocycles. The van der Waals surface area contributed by atoms with Crippen LogP contribution in [0.15, 0.2) is 16.9 Å². The first-order valence-corrected chi connectivity index (χ1v) is 7.17. The third-order valence-corrected chi connectivity index (χ3v) is 5.00. The molecule has 3 nitrogen and oxygen atoms in total. The van der Waals surface area contributed by atoms with Gasteiger partial charge in [-0.15, -0.1) is 0 Å². The maximum atomic E-state index is 4.99. The molecule has 0 bridgehead atoms. The Morgan fingerprint density at radius 2 is 1.94 bits per heavy atom. The van der Waals surface area contributed by atoms with Gasteiger partial charge in [-0.3, -0.25) is 0 Å². The Hall–Kier alpha value is -0.925. The predicted molar refractivity (Wildman–Crippen MR) is 77.7 cm³/mol. The summed E-state index contributed by atoms with van der Waals surface area (Å²) in [6.07, 6.45) is 5.94. The summed E-state index contributed by atoms with van der Waals surface area (Å²) in [6, 6.07) is 0. The van der Waals surface area contributed by atoms with Crippen LogP contribution in [0.5, 0.6) is 0 Å². The Labute approximate surface area is 111 Å². The van der Waals surface area contributed by atoms with Gasteiger partial charge in [-0.2, -0.15) is 0 Å². The van der Waals surface area contributed by atoms with Gasteiger partial charge in [0.25, 0.3) is 6.85 Å². The number of aliphatic imine (C=N–C) groups is 1. The van der Waals surface area contributed by atoms with Gasteiger partial charge in [0.1, 0.15) is 0 Å². The Balaban J connectivity index is 2.00. The Bertz CT molecular complexity index is 436. The van der Waals surface area contributed by atoms with Crippen LogP contribution in [0, 0.1) is 0 Å². The Kier molecular flexibility index (Phi) is 2.39. The standard InChI is InChI=1S/C14H24BN3/c1-13(2)7-6-11-10-17-9-8-14(3,4)16-12(17)18(11)15(13)5/h10H,6-9H2,1-5H3. The lowest BCUT2D eigenvalue weighted by Crippen LogP contribution is -2.53. The van der Waals surface area contributed by atoms with E-state index in [0.717, 1.165) is 13.0 Å². The molecule has 0 aromatic heterocycles. The van der Waals surface area contributed by atoms with Crippen LogP contribution < -0.4 is 0 Å². The number of rotatable bonds is 0. The second-order valence-corrected chi connectivity index (χ2v) is 7.32. The van der Waals surface area contributed by atoms with Crippen LogP contribution in [0.4, 0.5) is 0 Å². The third-order valence-electron chi connectivity index (χ3n) is 5.00. The van der Waals surface area contributed by atoms with Crippen molar-refractivity contribution in [2.24, 2.45) is 4.99 Å². The molecule has 0 amide bonds. The van der Waals surface area contributed by atoms with E-state index < -0.39 is 0 Å². The normalized spacial score (nSPS) is 28.6. The summed E-state index contributed by atoms with van der Waals surface area (Å²) in [7, 11) is 0. The summed E-state index contributed by atoms with van der Waals surface area (Å²) < 4.78 is 0. The van der Waals surface area contributed by atoms with Gasteiger partial charge in [0.2, 0.25) is 0 Å². The van der Waals surface area contributed by atoms with Crippen LogP contribution in [0.1, 0.15) is 47.0 Å². The molecule has 0 saturated carbocycles. The molecule has 98 valence electrons. The molecular formula is C14H24BN3. The van der Waals surface area contributed by atoms with Crippen molar-refractivity contribution in [2.45, 2.75) is 64.6 Å². The summed E-state index contributed by atoms with van der Waals surface area (Å²) >= 11 is 0. The summed E-state index contributed by atoms with van der Waals surface area (Å²) in [4.78, 5) is 9.84. The van der Waals surface area contributed by atoms with Gasteiger partial charge in [0.05, 0.1) is 5.54 Å². The molecule has 0 spiro atoms. The van der Waals surface area contributed by atoms with Gasteiger partial charge in [-0.05, 0) is 38.4 Å². The molecular weight excluding hydrogens is 221 g/mol. The molecule has 0 aromatic carbocycles. The van der Waals surface area contributed by atoms with Gasteiger partial charge in [-0.25, -0.2) is 4.99 Å². The largest absolute Gasteiger partial charge is 0.360 e. The fraction of sp³-hybridized carbons (Fsp3) is 0.786. The van der Waals surface area contributed by atoms with Gasteiger partial charge < -0.3 is 9.71 Å². The lowest BCUT2D eigenvalue weighted by atomic mass is 9.40. The fourth-order valence-corrected chi connectivity index (χ4v) is 3.19. The van der Waals surface area contributed by atoms with E-state index in [1.807, 2.05) is 0 Å². The number of allylic oxidation sites excluding steroid dienone is 1. The van der Waals surface area contributed by atoms with E-state index in [1.54, 1.807) is 0 Å². The quantitative estimate of drug-likeness (QED) is 0.610. The summed E-state index contributed by atoms with van der Waals surface area (Å²) in [5.41, 5.74) is 1.56. The van der Waals surface area contributed by atoms with Gasteiger partial charge in [0, 0.05) is 18.4 Å². The van der Waals surface area contributed by atoms with Crippen molar-refractivity contribution in [3.63, 3.8) is 0 Å². The van der Waals surface area contributed by atoms with Crippen molar-refractivity contribution in [2.75, 3.05) is 6.54 Å². The van der Waals surface area contributed by atoms with E-state index in [2.05, 4.69) is 50.4 Å². The molecule has 0 aromatic rings. The van der Waals surface area contributed by atoms with Gasteiger partial charge in [-0.1, -0.05) is 20.7 Å². The molecule has 3 rings (SSSR count). The van der Waals surface area contributed by atoms with E-state index in [1.165, 1.54) is 24.5 Å². The SMILES string of the molecule is CB1N2C(=CN3CCC(C)(C)N=C32)CCC1(C)C. The van der Waals surface area contributed by atoms with Crippen molar-refractivity contribution in [3.05, 3.63) is 11.9 Å². The third kappa shape index (κ3) is 1.69. The highest BCUT2D eigenvalue weighted by atomic mass is 15.4. The number of hydrogen-bond acceptors (Lipinski definition) is 3. The minimum Gasteiger partial charge on any atom is -0.360 e. The summed E-state index contributed by atoms with van der Waals surface area (Å²) in [5.74, 6) is 1.20. The number of nitrogens with zero attached hydrogens (tertiary/aromatic N) is 3. The highest BCUT2D eigenvalue weighted by molar-refractivity contribution is 6.61. The van der Waals surface area contributed by atoms with E-state index >= 15 is 0 Å². The van der Waals surface area contributed by atoms with E-state index in [0.29, 0.717) is 12.2 Å². The second kappa shape index (κ2) is 3.55. The van der Waals surface area contributed by atoms with Crippen molar-refractivity contribution in [1.29, 1.82) is 0 Å². The molecule has 1 saturated heterocycles. The molecule has 0 atom stereocenters. The van der Waals surface area contributed by atoms with Crippen molar-refractivity contribution in [3.8, 4) is 0 Å². The topological polar surface area (TPSA) is 18.8 Å².